The summed E-state index contributed by atoms with van der Waals surface area (Å²) < 4.78 is 2.01. The molecule has 0 atom stereocenters. The van der Waals surface area contributed by atoms with Crippen molar-refractivity contribution in [2.45, 2.75) is 19.8 Å². The molecule has 1 N–H and O–H groups in total. The van der Waals surface area contributed by atoms with Gasteiger partial charge in [-0.25, -0.2) is 4.98 Å². The fourth-order valence-electron chi connectivity index (χ4n) is 2.29. The second-order valence-corrected chi connectivity index (χ2v) is 4.26. The van der Waals surface area contributed by atoms with Gasteiger partial charge in [0.1, 0.15) is 11.6 Å². The van der Waals surface area contributed by atoms with Crippen molar-refractivity contribution >= 4 is 16.7 Å². The van der Waals surface area contributed by atoms with Gasteiger partial charge in [0.25, 0.3) is 0 Å². The van der Waals surface area contributed by atoms with Gasteiger partial charge in [-0.05, 0) is 31.6 Å². The summed E-state index contributed by atoms with van der Waals surface area (Å²) in [5.41, 5.74) is 2.85. The van der Waals surface area contributed by atoms with Crippen molar-refractivity contribution in [3.63, 3.8) is 0 Å². The average Bonchev–Trinajstić information content (AvgIpc) is 2.66. The zero-order valence-electron chi connectivity index (χ0n) is 9.72. The van der Waals surface area contributed by atoms with Crippen LogP contribution in [0, 0.1) is 6.92 Å². The minimum atomic E-state index is 0.443. The van der Waals surface area contributed by atoms with E-state index >= 15 is 0 Å². The van der Waals surface area contributed by atoms with Gasteiger partial charge in [0.05, 0.1) is 16.7 Å². The molecule has 0 amide bonds. The van der Waals surface area contributed by atoms with Crippen molar-refractivity contribution in [3.05, 3.63) is 48.0 Å². The van der Waals surface area contributed by atoms with Crippen LogP contribution in [0.2, 0.25) is 0 Å². The number of hydrogen-bond donors (Lipinski definition) is 1. The third kappa shape index (κ3) is 1.55. The standard InChI is InChI=1S/C14H14N2O/c1-10-15-11-6-2-3-7-12(11)16(10)13-8-4-5-9-14(13)17/h2-4,6-8,17H,5,9H2,1H3. The maximum Gasteiger partial charge on any atom is 0.117 e. The third-order valence-electron chi connectivity index (χ3n) is 3.09. The molecule has 0 saturated heterocycles. The highest BCUT2D eigenvalue weighted by Gasteiger charge is 2.14. The molecule has 17 heavy (non-hydrogen) atoms. The molecule has 2 aromatic rings. The topological polar surface area (TPSA) is 38.0 Å². The smallest absolute Gasteiger partial charge is 0.117 e. The molecular weight excluding hydrogens is 212 g/mol. The molecule has 0 saturated carbocycles. The van der Waals surface area contributed by atoms with E-state index in [1.165, 1.54) is 0 Å². The monoisotopic (exact) mass is 226 g/mol. The number of aromatic nitrogens is 2. The number of para-hydroxylation sites is 2. The van der Waals surface area contributed by atoms with Crippen LogP contribution in [0.25, 0.3) is 16.7 Å². The second-order valence-electron chi connectivity index (χ2n) is 4.26. The molecule has 86 valence electrons. The summed E-state index contributed by atoms with van der Waals surface area (Å²) in [6, 6.07) is 7.98. The molecule has 1 aromatic carbocycles. The largest absolute Gasteiger partial charge is 0.510 e. The first kappa shape index (κ1) is 10.1. The Kier molecular flexibility index (Phi) is 2.25. The fourth-order valence-corrected chi connectivity index (χ4v) is 2.29. The summed E-state index contributed by atoms with van der Waals surface area (Å²) in [4.78, 5) is 4.51. The van der Waals surface area contributed by atoms with Crippen LogP contribution in [0.5, 0.6) is 0 Å². The van der Waals surface area contributed by atoms with Crippen LogP contribution in [0.4, 0.5) is 0 Å². The highest BCUT2D eigenvalue weighted by atomic mass is 16.3. The van der Waals surface area contributed by atoms with Crippen molar-refractivity contribution in [1.29, 1.82) is 0 Å². The summed E-state index contributed by atoms with van der Waals surface area (Å²) in [6.07, 6.45) is 5.67. The van der Waals surface area contributed by atoms with E-state index in [0.29, 0.717) is 12.2 Å². The van der Waals surface area contributed by atoms with Crippen LogP contribution >= 0.6 is 0 Å². The Labute approximate surface area is 99.7 Å². The van der Waals surface area contributed by atoms with E-state index < -0.39 is 0 Å². The summed E-state index contributed by atoms with van der Waals surface area (Å²) in [6.45, 7) is 1.96. The van der Waals surface area contributed by atoms with Crippen molar-refractivity contribution in [3.8, 4) is 0 Å². The van der Waals surface area contributed by atoms with Gasteiger partial charge < -0.3 is 5.11 Å². The highest BCUT2D eigenvalue weighted by Crippen LogP contribution is 2.26. The van der Waals surface area contributed by atoms with E-state index in [0.717, 1.165) is 29.0 Å². The molecule has 3 rings (SSSR count). The molecule has 1 aromatic heterocycles. The molecular formula is C14H14N2O. The van der Waals surface area contributed by atoms with E-state index in [4.69, 9.17) is 0 Å². The van der Waals surface area contributed by atoms with Crippen LogP contribution < -0.4 is 0 Å². The molecule has 0 unspecified atom stereocenters. The van der Waals surface area contributed by atoms with Gasteiger partial charge in [-0.15, -0.1) is 0 Å². The van der Waals surface area contributed by atoms with E-state index in [1.807, 2.05) is 41.8 Å². The Morgan fingerprint density at radius 2 is 2.12 bits per heavy atom. The zero-order valence-corrected chi connectivity index (χ0v) is 9.72. The molecule has 0 bridgehead atoms. The lowest BCUT2D eigenvalue weighted by Crippen LogP contribution is -2.04. The Morgan fingerprint density at radius 1 is 1.29 bits per heavy atom. The van der Waals surface area contributed by atoms with E-state index in [1.54, 1.807) is 0 Å². The molecule has 0 fully saturated rings. The van der Waals surface area contributed by atoms with Gasteiger partial charge in [0.2, 0.25) is 0 Å². The summed E-state index contributed by atoms with van der Waals surface area (Å²) in [5, 5.41) is 10.0. The van der Waals surface area contributed by atoms with Gasteiger partial charge in [-0.2, -0.15) is 0 Å². The SMILES string of the molecule is Cc1nc2ccccc2n1C1=C(O)CCC=C1. The number of allylic oxidation sites excluding steroid dienone is 4. The van der Waals surface area contributed by atoms with E-state index in [9.17, 15) is 5.11 Å². The summed E-state index contributed by atoms with van der Waals surface area (Å²) >= 11 is 0. The Hall–Kier alpha value is -2.03. The minimum absolute atomic E-state index is 0.443. The molecule has 3 nitrogen and oxygen atoms in total. The number of aliphatic hydroxyl groups is 1. The summed E-state index contributed by atoms with van der Waals surface area (Å²) in [5.74, 6) is 1.35. The first-order valence-corrected chi connectivity index (χ1v) is 5.80. The van der Waals surface area contributed by atoms with Crippen LogP contribution in [0.15, 0.2) is 42.2 Å². The van der Waals surface area contributed by atoms with Crippen molar-refractivity contribution in [2.24, 2.45) is 0 Å². The van der Waals surface area contributed by atoms with Crippen LogP contribution in [0.3, 0.4) is 0 Å². The Bertz CT molecular complexity index is 635. The molecule has 0 spiro atoms. The van der Waals surface area contributed by atoms with Gasteiger partial charge in [-0.1, -0.05) is 18.2 Å². The van der Waals surface area contributed by atoms with Gasteiger partial charge in [0, 0.05) is 6.42 Å². The van der Waals surface area contributed by atoms with E-state index in [2.05, 4.69) is 11.1 Å². The molecule has 1 heterocycles. The van der Waals surface area contributed by atoms with Crippen molar-refractivity contribution in [2.75, 3.05) is 0 Å². The van der Waals surface area contributed by atoms with Crippen LogP contribution in [-0.4, -0.2) is 14.7 Å². The summed E-state index contributed by atoms with van der Waals surface area (Å²) in [7, 11) is 0. The van der Waals surface area contributed by atoms with Crippen LogP contribution in [0.1, 0.15) is 18.7 Å². The molecule has 3 heteroatoms. The highest BCUT2D eigenvalue weighted by molar-refractivity contribution is 5.82. The number of rotatable bonds is 1. The normalized spacial score (nSPS) is 15.8. The maximum absolute atomic E-state index is 10.0. The predicted octanol–water partition coefficient (Wildman–Crippen LogP) is 3.42. The third-order valence-corrected chi connectivity index (χ3v) is 3.09. The molecule has 0 aliphatic heterocycles. The Balaban J connectivity index is 2.30. The fraction of sp³-hybridized carbons (Fsp3) is 0.214. The minimum Gasteiger partial charge on any atom is -0.510 e. The molecule has 1 aliphatic carbocycles. The van der Waals surface area contributed by atoms with Crippen molar-refractivity contribution < 1.29 is 5.11 Å². The molecule has 1 aliphatic rings. The first-order chi connectivity index (χ1) is 8.27. The lowest BCUT2D eigenvalue weighted by atomic mass is 10.1. The lowest BCUT2D eigenvalue weighted by molar-refractivity contribution is 0.388. The average molecular weight is 226 g/mol. The zero-order chi connectivity index (χ0) is 11.8. The van der Waals surface area contributed by atoms with Crippen LogP contribution in [-0.2, 0) is 0 Å². The lowest BCUT2D eigenvalue weighted by Gasteiger charge is -2.14. The number of fused-ring (bicyclic) bond motifs is 1. The quantitative estimate of drug-likeness (QED) is 0.809. The molecule has 0 radical (unpaired) electrons. The first-order valence-electron chi connectivity index (χ1n) is 5.80. The number of nitrogens with zero attached hydrogens (tertiary/aromatic N) is 2. The number of hydrogen-bond acceptors (Lipinski definition) is 2. The number of benzene rings is 1. The van der Waals surface area contributed by atoms with Gasteiger partial charge in [-0.3, -0.25) is 4.57 Å². The number of aryl methyl sites for hydroxylation is 1. The Morgan fingerprint density at radius 3 is 2.94 bits per heavy atom. The predicted molar refractivity (Wildman–Crippen MR) is 68.7 cm³/mol. The van der Waals surface area contributed by atoms with Crippen molar-refractivity contribution in [1.82, 2.24) is 9.55 Å². The van der Waals surface area contributed by atoms with Gasteiger partial charge in [0.15, 0.2) is 0 Å². The second kappa shape index (κ2) is 3.77. The van der Waals surface area contributed by atoms with Gasteiger partial charge >= 0.3 is 0 Å². The van der Waals surface area contributed by atoms with E-state index in [-0.39, 0.29) is 0 Å². The maximum atomic E-state index is 10.0. The number of imidazole rings is 1. The number of aliphatic hydroxyl groups excluding tert-OH is 1.